The first kappa shape index (κ1) is 14.2. The maximum absolute atomic E-state index is 11.7. The monoisotopic (exact) mass is 226 g/mol. The Labute approximate surface area is 87.2 Å². The molecule has 1 unspecified atom stereocenters. The molecule has 0 aliphatic heterocycles. The van der Waals surface area contributed by atoms with Crippen LogP contribution in [0.5, 0.6) is 0 Å². The lowest BCUT2D eigenvalue weighted by atomic mass is 10.0. The number of hydrogen-bond acceptors (Lipinski definition) is 2. The van der Waals surface area contributed by atoms with Crippen molar-refractivity contribution in [3.05, 3.63) is 0 Å². The number of nitrogens with one attached hydrogen (secondary N) is 1. The molecule has 15 heavy (non-hydrogen) atoms. The van der Waals surface area contributed by atoms with Gasteiger partial charge in [0, 0.05) is 13.0 Å². The molecular weight excluding hydrogens is 209 g/mol. The second-order valence-electron chi connectivity index (χ2n) is 3.43. The first-order chi connectivity index (χ1) is 6.89. The molecule has 3 nitrogen and oxygen atoms in total. The summed E-state index contributed by atoms with van der Waals surface area (Å²) in [4.78, 5) is 11.1. The SMILES string of the molecule is CCC(CN)CC(=O)NCCC(F)(F)F. The molecule has 3 N–H and O–H groups in total. The van der Waals surface area contributed by atoms with Crippen LogP contribution in [-0.4, -0.2) is 25.2 Å². The predicted octanol–water partition coefficient (Wildman–Crippen LogP) is 1.43. The van der Waals surface area contributed by atoms with E-state index in [0.29, 0.717) is 6.54 Å². The van der Waals surface area contributed by atoms with Crippen LogP contribution in [0.4, 0.5) is 13.2 Å². The quantitative estimate of drug-likeness (QED) is 0.719. The van der Waals surface area contributed by atoms with E-state index in [9.17, 15) is 18.0 Å². The maximum atomic E-state index is 11.7. The molecule has 0 saturated carbocycles. The fraction of sp³-hybridized carbons (Fsp3) is 0.889. The van der Waals surface area contributed by atoms with Gasteiger partial charge < -0.3 is 11.1 Å². The zero-order valence-electron chi connectivity index (χ0n) is 8.73. The highest BCUT2D eigenvalue weighted by Gasteiger charge is 2.26. The number of hydrogen-bond donors (Lipinski definition) is 2. The van der Waals surface area contributed by atoms with Gasteiger partial charge in [0.25, 0.3) is 0 Å². The molecule has 1 amide bonds. The summed E-state index contributed by atoms with van der Waals surface area (Å²) < 4.78 is 35.2. The number of halogens is 3. The van der Waals surface area contributed by atoms with Crippen LogP contribution in [0.25, 0.3) is 0 Å². The predicted molar refractivity (Wildman–Crippen MR) is 51.1 cm³/mol. The Hall–Kier alpha value is -0.780. The van der Waals surface area contributed by atoms with Crippen LogP contribution in [-0.2, 0) is 4.79 Å². The van der Waals surface area contributed by atoms with Crippen molar-refractivity contribution in [2.45, 2.75) is 32.4 Å². The Bertz CT molecular complexity index is 190. The molecule has 0 aromatic rings. The Kier molecular flexibility index (Phi) is 6.31. The zero-order chi connectivity index (χ0) is 11.9. The zero-order valence-corrected chi connectivity index (χ0v) is 8.73. The van der Waals surface area contributed by atoms with E-state index in [1.165, 1.54) is 0 Å². The maximum Gasteiger partial charge on any atom is 0.390 e. The number of alkyl halides is 3. The topological polar surface area (TPSA) is 55.1 Å². The van der Waals surface area contributed by atoms with E-state index in [1.54, 1.807) is 0 Å². The minimum Gasteiger partial charge on any atom is -0.356 e. The van der Waals surface area contributed by atoms with Gasteiger partial charge in [-0.25, -0.2) is 0 Å². The van der Waals surface area contributed by atoms with Gasteiger partial charge in [0.2, 0.25) is 5.91 Å². The van der Waals surface area contributed by atoms with Crippen LogP contribution in [0.3, 0.4) is 0 Å². The first-order valence-electron chi connectivity index (χ1n) is 4.92. The van der Waals surface area contributed by atoms with Crippen molar-refractivity contribution in [2.75, 3.05) is 13.1 Å². The molecule has 0 saturated heterocycles. The Balaban J connectivity index is 3.66. The number of carbonyl (C=O) groups is 1. The van der Waals surface area contributed by atoms with E-state index < -0.39 is 12.6 Å². The number of amides is 1. The summed E-state index contributed by atoms with van der Waals surface area (Å²) in [6, 6.07) is 0. The summed E-state index contributed by atoms with van der Waals surface area (Å²) in [7, 11) is 0. The van der Waals surface area contributed by atoms with Crippen LogP contribution in [0.2, 0.25) is 0 Å². The number of carbonyl (C=O) groups excluding carboxylic acids is 1. The Morgan fingerprint density at radius 1 is 1.47 bits per heavy atom. The summed E-state index contributed by atoms with van der Waals surface area (Å²) >= 11 is 0. The highest BCUT2D eigenvalue weighted by atomic mass is 19.4. The second-order valence-corrected chi connectivity index (χ2v) is 3.43. The molecule has 1 atom stereocenters. The van der Waals surface area contributed by atoms with Crippen LogP contribution in [0.1, 0.15) is 26.2 Å². The van der Waals surface area contributed by atoms with Gasteiger partial charge in [0.15, 0.2) is 0 Å². The molecule has 0 rings (SSSR count). The van der Waals surface area contributed by atoms with Gasteiger partial charge >= 0.3 is 6.18 Å². The van der Waals surface area contributed by atoms with Crippen molar-refractivity contribution >= 4 is 5.91 Å². The van der Waals surface area contributed by atoms with E-state index in [-0.39, 0.29) is 24.8 Å². The molecule has 0 aromatic carbocycles. The smallest absolute Gasteiger partial charge is 0.356 e. The van der Waals surface area contributed by atoms with Gasteiger partial charge in [-0.15, -0.1) is 0 Å². The number of rotatable bonds is 6. The van der Waals surface area contributed by atoms with Gasteiger partial charge in [0.05, 0.1) is 6.42 Å². The highest BCUT2D eigenvalue weighted by Crippen LogP contribution is 2.18. The molecule has 0 heterocycles. The van der Waals surface area contributed by atoms with E-state index in [2.05, 4.69) is 5.32 Å². The fourth-order valence-electron chi connectivity index (χ4n) is 1.07. The fourth-order valence-corrected chi connectivity index (χ4v) is 1.07. The van der Waals surface area contributed by atoms with E-state index in [4.69, 9.17) is 5.73 Å². The largest absolute Gasteiger partial charge is 0.390 e. The van der Waals surface area contributed by atoms with Gasteiger partial charge in [-0.2, -0.15) is 13.2 Å². The van der Waals surface area contributed by atoms with Crippen molar-refractivity contribution in [1.82, 2.24) is 5.32 Å². The summed E-state index contributed by atoms with van der Waals surface area (Å²) in [5, 5.41) is 2.22. The normalized spacial score (nSPS) is 13.7. The molecule has 0 aliphatic rings. The average Bonchev–Trinajstić information content (AvgIpc) is 2.12. The third-order valence-corrected chi connectivity index (χ3v) is 2.12. The van der Waals surface area contributed by atoms with E-state index >= 15 is 0 Å². The van der Waals surface area contributed by atoms with Crippen molar-refractivity contribution < 1.29 is 18.0 Å². The number of nitrogens with two attached hydrogens (primary N) is 1. The highest BCUT2D eigenvalue weighted by molar-refractivity contribution is 5.76. The van der Waals surface area contributed by atoms with Crippen molar-refractivity contribution in [3.8, 4) is 0 Å². The third-order valence-electron chi connectivity index (χ3n) is 2.12. The molecular formula is C9H17F3N2O. The summed E-state index contributed by atoms with van der Waals surface area (Å²) in [6.45, 7) is 1.91. The third kappa shape index (κ3) is 8.23. The standard InChI is InChI=1S/C9H17F3N2O/c1-2-7(6-13)5-8(15)14-4-3-9(10,11)12/h7H,2-6,13H2,1H3,(H,14,15). The lowest BCUT2D eigenvalue weighted by Crippen LogP contribution is -2.30. The summed E-state index contributed by atoms with van der Waals surface area (Å²) in [5.74, 6) is -0.313. The van der Waals surface area contributed by atoms with Crippen molar-refractivity contribution in [2.24, 2.45) is 11.7 Å². The molecule has 0 radical (unpaired) electrons. The van der Waals surface area contributed by atoms with Gasteiger partial charge in [-0.3, -0.25) is 4.79 Å². The van der Waals surface area contributed by atoms with Crippen LogP contribution in [0, 0.1) is 5.92 Å². The lowest BCUT2D eigenvalue weighted by molar-refractivity contribution is -0.135. The van der Waals surface area contributed by atoms with Crippen LogP contribution >= 0.6 is 0 Å². The van der Waals surface area contributed by atoms with Gasteiger partial charge in [-0.05, 0) is 12.5 Å². The molecule has 0 aromatic heterocycles. The molecule has 90 valence electrons. The van der Waals surface area contributed by atoms with Crippen molar-refractivity contribution in [3.63, 3.8) is 0 Å². The summed E-state index contributed by atoms with van der Waals surface area (Å²) in [5.41, 5.74) is 5.37. The summed E-state index contributed by atoms with van der Waals surface area (Å²) in [6.07, 6.45) is -4.25. The van der Waals surface area contributed by atoms with Crippen LogP contribution < -0.4 is 11.1 Å². The molecule has 0 spiro atoms. The van der Waals surface area contributed by atoms with Gasteiger partial charge in [0.1, 0.15) is 0 Å². The minimum atomic E-state index is -4.22. The molecule has 6 heteroatoms. The van der Waals surface area contributed by atoms with E-state index in [0.717, 1.165) is 6.42 Å². The minimum absolute atomic E-state index is 0.0517. The average molecular weight is 226 g/mol. The second kappa shape index (κ2) is 6.66. The van der Waals surface area contributed by atoms with Gasteiger partial charge in [-0.1, -0.05) is 13.3 Å². The molecule has 0 bridgehead atoms. The van der Waals surface area contributed by atoms with E-state index in [1.807, 2.05) is 6.92 Å². The van der Waals surface area contributed by atoms with Crippen LogP contribution in [0.15, 0.2) is 0 Å². The Morgan fingerprint density at radius 2 is 2.07 bits per heavy atom. The molecule has 0 fully saturated rings. The van der Waals surface area contributed by atoms with Crippen molar-refractivity contribution in [1.29, 1.82) is 0 Å². The first-order valence-corrected chi connectivity index (χ1v) is 4.92. The lowest BCUT2D eigenvalue weighted by Gasteiger charge is -2.12. The Morgan fingerprint density at radius 3 is 2.47 bits per heavy atom. The molecule has 0 aliphatic carbocycles.